The van der Waals surface area contributed by atoms with E-state index in [0.717, 1.165) is 5.56 Å². The van der Waals surface area contributed by atoms with Crippen LogP contribution in [0.2, 0.25) is 5.02 Å². The lowest BCUT2D eigenvalue weighted by atomic mass is 10.1. The van der Waals surface area contributed by atoms with Crippen molar-refractivity contribution in [3.63, 3.8) is 0 Å². The summed E-state index contributed by atoms with van der Waals surface area (Å²) in [7, 11) is 3.18. The van der Waals surface area contributed by atoms with Crippen LogP contribution in [0.3, 0.4) is 0 Å². The van der Waals surface area contributed by atoms with Gasteiger partial charge in [0.1, 0.15) is 17.2 Å². The van der Waals surface area contributed by atoms with Crippen LogP contribution < -0.4 is 19.5 Å². The van der Waals surface area contributed by atoms with Crippen molar-refractivity contribution in [1.29, 1.82) is 0 Å². The number of rotatable bonds is 7. The van der Waals surface area contributed by atoms with Gasteiger partial charge in [-0.2, -0.15) is 0 Å². The predicted octanol–water partition coefficient (Wildman–Crippen LogP) is 4.25. The third kappa shape index (κ3) is 4.57. The van der Waals surface area contributed by atoms with E-state index in [2.05, 4.69) is 5.32 Å². The molecule has 1 atom stereocenters. The second-order valence-electron chi connectivity index (χ2n) is 5.38. The molecule has 5 nitrogen and oxygen atoms in total. The number of amides is 1. The largest absolute Gasteiger partial charge is 0.497 e. The van der Waals surface area contributed by atoms with Crippen molar-refractivity contribution in [2.75, 3.05) is 20.8 Å². The van der Waals surface area contributed by atoms with E-state index in [0.29, 0.717) is 34.4 Å². The number of benzene rings is 2. The fourth-order valence-electron chi connectivity index (χ4n) is 2.45. The lowest BCUT2D eigenvalue weighted by Crippen LogP contribution is -2.27. The minimum atomic E-state index is -0.275. The highest BCUT2D eigenvalue weighted by Gasteiger charge is 2.17. The predicted molar refractivity (Wildman–Crippen MR) is 98.0 cm³/mol. The monoisotopic (exact) mass is 363 g/mol. The van der Waals surface area contributed by atoms with Crippen molar-refractivity contribution >= 4 is 17.5 Å². The number of hydrogen-bond acceptors (Lipinski definition) is 4. The molecule has 0 bridgehead atoms. The molecule has 0 aliphatic rings. The Morgan fingerprint density at radius 1 is 1.12 bits per heavy atom. The van der Waals surface area contributed by atoms with Gasteiger partial charge in [0.15, 0.2) is 0 Å². The lowest BCUT2D eigenvalue weighted by Gasteiger charge is -2.18. The van der Waals surface area contributed by atoms with Gasteiger partial charge in [-0.3, -0.25) is 4.79 Å². The highest BCUT2D eigenvalue weighted by molar-refractivity contribution is 6.32. The molecule has 1 unspecified atom stereocenters. The summed E-state index contributed by atoms with van der Waals surface area (Å²) in [6.07, 6.45) is 0. The Morgan fingerprint density at radius 3 is 2.44 bits per heavy atom. The molecule has 2 rings (SSSR count). The zero-order valence-corrected chi connectivity index (χ0v) is 15.5. The molecular weight excluding hydrogens is 342 g/mol. The second kappa shape index (κ2) is 8.62. The first-order valence-corrected chi connectivity index (χ1v) is 8.33. The molecule has 2 aromatic carbocycles. The Hall–Kier alpha value is -2.40. The van der Waals surface area contributed by atoms with Gasteiger partial charge in [0.05, 0.1) is 31.9 Å². The summed E-state index contributed by atoms with van der Waals surface area (Å²) < 4.78 is 16.0. The number of ether oxygens (including phenoxy) is 3. The van der Waals surface area contributed by atoms with Crippen molar-refractivity contribution in [3.05, 3.63) is 52.5 Å². The molecular formula is C19H22ClNO4. The maximum absolute atomic E-state index is 12.5. The van der Waals surface area contributed by atoms with Crippen molar-refractivity contribution < 1.29 is 19.0 Å². The quantitative estimate of drug-likeness (QED) is 0.799. The number of methoxy groups -OCH3 is 2. The molecule has 0 saturated carbocycles. The van der Waals surface area contributed by atoms with Gasteiger partial charge in [-0.25, -0.2) is 0 Å². The summed E-state index contributed by atoms with van der Waals surface area (Å²) in [4.78, 5) is 12.5. The van der Waals surface area contributed by atoms with Crippen molar-refractivity contribution in [2.24, 2.45) is 0 Å². The number of hydrogen-bond donors (Lipinski definition) is 1. The smallest absolute Gasteiger partial charge is 0.251 e. The van der Waals surface area contributed by atoms with Crippen LogP contribution in [0.25, 0.3) is 0 Å². The van der Waals surface area contributed by atoms with Crippen LogP contribution in [-0.4, -0.2) is 26.7 Å². The molecule has 0 fully saturated rings. The van der Waals surface area contributed by atoms with Crippen LogP contribution >= 0.6 is 11.6 Å². The molecule has 1 amide bonds. The number of carbonyl (C=O) groups is 1. The summed E-state index contributed by atoms with van der Waals surface area (Å²) in [6, 6.07) is 10.2. The van der Waals surface area contributed by atoms with E-state index < -0.39 is 0 Å². The molecule has 0 heterocycles. The normalized spacial score (nSPS) is 11.6. The Balaban J connectivity index is 2.19. The Labute approximate surface area is 152 Å². The maximum Gasteiger partial charge on any atom is 0.251 e. The van der Waals surface area contributed by atoms with Crippen LogP contribution in [0.15, 0.2) is 36.4 Å². The molecule has 6 heteroatoms. The topological polar surface area (TPSA) is 56.8 Å². The minimum absolute atomic E-state index is 0.234. The van der Waals surface area contributed by atoms with Crippen LogP contribution in [0.4, 0.5) is 0 Å². The molecule has 2 aromatic rings. The fraction of sp³-hybridized carbons (Fsp3) is 0.316. The average Bonchev–Trinajstić information content (AvgIpc) is 2.62. The van der Waals surface area contributed by atoms with E-state index in [1.54, 1.807) is 32.4 Å². The van der Waals surface area contributed by atoms with Gasteiger partial charge >= 0.3 is 0 Å². The van der Waals surface area contributed by atoms with Gasteiger partial charge in [0.25, 0.3) is 5.91 Å². The Morgan fingerprint density at radius 2 is 1.84 bits per heavy atom. The average molecular weight is 364 g/mol. The van der Waals surface area contributed by atoms with Gasteiger partial charge in [-0.05, 0) is 50.2 Å². The zero-order chi connectivity index (χ0) is 18.4. The zero-order valence-electron chi connectivity index (χ0n) is 14.8. The van der Waals surface area contributed by atoms with Gasteiger partial charge in [-0.1, -0.05) is 11.6 Å². The summed E-state index contributed by atoms with van der Waals surface area (Å²) >= 11 is 6.15. The van der Waals surface area contributed by atoms with Crippen molar-refractivity contribution in [1.82, 2.24) is 5.32 Å². The molecule has 134 valence electrons. The molecule has 0 aromatic heterocycles. The summed E-state index contributed by atoms with van der Waals surface area (Å²) in [6.45, 7) is 4.27. The first-order chi connectivity index (χ1) is 12.0. The number of halogens is 1. The van der Waals surface area contributed by atoms with Crippen molar-refractivity contribution in [3.8, 4) is 17.2 Å². The molecule has 0 spiro atoms. The van der Waals surface area contributed by atoms with E-state index in [4.69, 9.17) is 25.8 Å². The van der Waals surface area contributed by atoms with Crippen LogP contribution in [0.5, 0.6) is 17.2 Å². The van der Waals surface area contributed by atoms with Crippen LogP contribution in [0.1, 0.15) is 35.8 Å². The first kappa shape index (κ1) is 18.9. The number of carbonyl (C=O) groups excluding carboxylic acids is 1. The Bertz CT molecular complexity index is 748. The third-order valence-electron chi connectivity index (χ3n) is 3.74. The van der Waals surface area contributed by atoms with Crippen LogP contribution in [-0.2, 0) is 0 Å². The third-order valence-corrected chi connectivity index (χ3v) is 4.04. The molecule has 25 heavy (non-hydrogen) atoms. The van der Waals surface area contributed by atoms with Crippen LogP contribution in [0, 0.1) is 0 Å². The summed E-state index contributed by atoms with van der Waals surface area (Å²) in [5, 5.41) is 3.35. The van der Waals surface area contributed by atoms with E-state index >= 15 is 0 Å². The molecule has 0 aliphatic heterocycles. The highest BCUT2D eigenvalue weighted by atomic mass is 35.5. The highest BCUT2D eigenvalue weighted by Crippen LogP contribution is 2.30. The first-order valence-electron chi connectivity index (χ1n) is 7.95. The maximum atomic E-state index is 12.5. The van der Waals surface area contributed by atoms with Crippen molar-refractivity contribution in [2.45, 2.75) is 19.9 Å². The summed E-state index contributed by atoms with van der Waals surface area (Å²) in [5.74, 6) is 1.70. The molecule has 1 N–H and O–H groups in total. The van der Waals surface area contributed by atoms with Gasteiger partial charge < -0.3 is 19.5 Å². The number of nitrogens with one attached hydrogen (secondary N) is 1. The van der Waals surface area contributed by atoms with Gasteiger partial charge in [0, 0.05) is 11.1 Å². The van der Waals surface area contributed by atoms with Gasteiger partial charge in [0.2, 0.25) is 0 Å². The lowest BCUT2D eigenvalue weighted by molar-refractivity contribution is 0.0939. The molecule has 0 aliphatic carbocycles. The van der Waals surface area contributed by atoms with E-state index in [-0.39, 0.29) is 11.9 Å². The fourth-order valence-corrected chi connectivity index (χ4v) is 2.69. The van der Waals surface area contributed by atoms with E-state index in [1.807, 2.05) is 32.0 Å². The second-order valence-corrected chi connectivity index (χ2v) is 5.79. The minimum Gasteiger partial charge on any atom is -0.497 e. The van der Waals surface area contributed by atoms with E-state index in [9.17, 15) is 4.79 Å². The Kier molecular flexibility index (Phi) is 6.53. The summed E-state index contributed by atoms with van der Waals surface area (Å²) in [5.41, 5.74) is 1.29. The SMILES string of the molecule is CCOc1ccc(C(=O)NC(C)c2cc(OC)ccc2OC)cc1Cl. The molecule has 0 radical (unpaired) electrons. The van der Waals surface area contributed by atoms with Gasteiger partial charge in [-0.15, -0.1) is 0 Å². The standard InChI is InChI=1S/C19H22ClNO4/c1-5-25-18-8-6-13(10-16(18)20)19(22)21-12(2)15-11-14(23-3)7-9-17(15)24-4/h6-12H,5H2,1-4H3,(H,21,22). The molecule has 0 saturated heterocycles. The van der Waals surface area contributed by atoms with E-state index in [1.165, 1.54) is 0 Å².